The fourth-order valence-electron chi connectivity index (χ4n) is 4.29. The molecule has 0 radical (unpaired) electrons. The van der Waals surface area contributed by atoms with E-state index in [2.05, 4.69) is 19.9 Å². The van der Waals surface area contributed by atoms with Crippen molar-refractivity contribution in [3.8, 4) is 22.8 Å². The number of nitrogens with zero attached hydrogens (tertiary/aromatic N) is 2. The standard InChI is InChI=1S/C24H16N4O6S2/c29-35(30,31)14-7-9-18-20(11-14)27-23(25-18)16-5-1-3-13-4-2-6-17(22(13)16)24-26-19-10-8-15(36(32,33)34)12-21(19)28-24/h1-12H,(H,25,27)(H,26,28)(H,29,30,31)(H,32,33,34). The molecule has 6 rings (SSSR count). The molecule has 36 heavy (non-hydrogen) atoms. The third kappa shape index (κ3) is 3.72. The average Bonchev–Trinajstić information content (AvgIpc) is 3.45. The second-order valence-corrected chi connectivity index (χ2v) is 11.0. The Bertz CT molecular complexity index is 1920. The molecule has 2 heterocycles. The molecule has 0 spiro atoms. The Hall–Kier alpha value is -4.10. The highest BCUT2D eigenvalue weighted by molar-refractivity contribution is 7.86. The Morgan fingerprint density at radius 1 is 0.611 bits per heavy atom. The van der Waals surface area contributed by atoms with E-state index in [4.69, 9.17) is 0 Å². The average molecular weight is 521 g/mol. The van der Waals surface area contributed by atoms with Crippen LogP contribution in [0.15, 0.2) is 82.6 Å². The SMILES string of the molecule is O=S(=O)(O)c1ccc2nc(-c3cccc4cccc(-c5nc6ccc(S(=O)(=O)O)cc6[nH]5)c34)[nH]c2c1. The summed E-state index contributed by atoms with van der Waals surface area (Å²) in [5.74, 6) is 0.973. The van der Waals surface area contributed by atoms with E-state index in [9.17, 15) is 25.9 Å². The summed E-state index contributed by atoms with van der Waals surface area (Å²) in [7, 11) is -8.73. The van der Waals surface area contributed by atoms with Crippen LogP contribution in [0.2, 0.25) is 0 Å². The van der Waals surface area contributed by atoms with Crippen molar-refractivity contribution in [1.29, 1.82) is 0 Å². The first-order valence-electron chi connectivity index (χ1n) is 10.5. The number of fused-ring (bicyclic) bond motifs is 3. The Labute approximate surface area is 204 Å². The second-order valence-electron chi connectivity index (χ2n) is 8.19. The van der Waals surface area contributed by atoms with E-state index in [1.54, 1.807) is 0 Å². The molecule has 0 aliphatic rings. The van der Waals surface area contributed by atoms with Gasteiger partial charge in [-0.1, -0.05) is 36.4 Å². The fourth-order valence-corrected chi connectivity index (χ4v) is 5.30. The van der Waals surface area contributed by atoms with Crippen molar-refractivity contribution >= 4 is 53.1 Å². The monoisotopic (exact) mass is 520 g/mol. The van der Waals surface area contributed by atoms with Gasteiger partial charge in [0.1, 0.15) is 11.6 Å². The quantitative estimate of drug-likeness (QED) is 0.248. The highest BCUT2D eigenvalue weighted by atomic mass is 32.2. The molecule has 6 aromatic rings. The first-order valence-corrected chi connectivity index (χ1v) is 13.4. The van der Waals surface area contributed by atoms with E-state index in [1.165, 1.54) is 36.4 Å². The van der Waals surface area contributed by atoms with Gasteiger partial charge in [-0.05, 0) is 41.8 Å². The molecular formula is C24H16N4O6S2. The zero-order valence-electron chi connectivity index (χ0n) is 18.2. The van der Waals surface area contributed by atoms with Crippen molar-refractivity contribution in [2.75, 3.05) is 0 Å². The topological polar surface area (TPSA) is 166 Å². The molecule has 2 aromatic heterocycles. The van der Waals surface area contributed by atoms with Crippen LogP contribution in [0.1, 0.15) is 0 Å². The molecule has 0 saturated carbocycles. The Kier molecular flexibility index (Phi) is 4.78. The number of nitrogens with one attached hydrogen (secondary N) is 2. The van der Waals surface area contributed by atoms with Crippen LogP contribution >= 0.6 is 0 Å². The molecule has 0 aliphatic carbocycles. The molecule has 0 bridgehead atoms. The molecule has 10 nitrogen and oxygen atoms in total. The maximum Gasteiger partial charge on any atom is 0.294 e. The van der Waals surface area contributed by atoms with Crippen molar-refractivity contribution in [3.63, 3.8) is 0 Å². The zero-order valence-corrected chi connectivity index (χ0v) is 19.8. The van der Waals surface area contributed by atoms with Gasteiger partial charge in [-0.15, -0.1) is 0 Å². The Morgan fingerprint density at radius 2 is 1.06 bits per heavy atom. The summed E-state index contributed by atoms with van der Waals surface area (Å²) >= 11 is 0. The predicted octanol–water partition coefficient (Wildman–Crippen LogP) is 4.42. The predicted molar refractivity (Wildman–Crippen MR) is 134 cm³/mol. The lowest BCUT2D eigenvalue weighted by Crippen LogP contribution is -1.97. The summed E-state index contributed by atoms with van der Waals surface area (Å²) in [5, 5.41) is 1.70. The number of aromatic amines is 2. The Balaban J connectivity index is 1.57. The summed E-state index contributed by atoms with van der Waals surface area (Å²) in [6.07, 6.45) is 0. The molecule has 12 heteroatoms. The summed E-state index contributed by atoms with van der Waals surface area (Å²) in [4.78, 5) is 15.0. The van der Waals surface area contributed by atoms with Gasteiger partial charge in [-0.2, -0.15) is 16.8 Å². The molecule has 0 unspecified atom stereocenters. The summed E-state index contributed by atoms with van der Waals surface area (Å²) in [5.41, 5.74) is 3.38. The van der Waals surface area contributed by atoms with Crippen molar-refractivity contribution in [3.05, 3.63) is 72.8 Å². The fraction of sp³-hybridized carbons (Fsp3) is 0. The van der Waals surface area contributed by atoms with Gasteiger partial charge in [-0.3, -0.25) is 9.11 Å². The van der Waals surface area contributed by atoms with Crippen LogP contribution in [0.4, 0.5) is 0 Å². The lowest BCUT2D eigenvalue weighted by Gasteiger charge is -2.09. The van der Waals surface area contributed by atoms with Gasteiger partial charge in [0.15, 0.2) is 0 Å². The van der Waals surface area contributed by atoms with Crippen molar-refractivity contribution in [2.24, 2.45) is 0 Å². The molecule has 0 saturated heterocycles. The number of hydrogen-bond donors (Lipinski definition) is 4. The first-order chi connectivity index (χ1) is 17.1. The van der Waals surface area contributed by atoms with Crippen LogP contribution in [-0.2, 0) is 20.2 Å². The maximum atomic E-state index is 11.5. The highest BCUT2D eigenvalue weighted by Gasteiger charge is 2.18. The highest BCUT2D eigenvalue weighted by Crippen LogP contribution is 2.36. The summed E-state index contributed by atoms with van der Waals surface area (Å²) in [6, 6.07) is 19.6. The number of H-pyrrole nitrogens is 2. The molecule has 4 N–H and O–H groups in total. The van der Waals surface area contributed by atoms with E-state index in [0.29, 0.717) is 33.7 Å². The van der Waals surface area contributed by atoms with E-state index in [-0.39, 0.29) is 9.79 Å². The lowest BCUT2D eigenvalue weighted by molar-refractivity contribution is 0.481. The van der Waals surface area contributed by atoms with Gasteiger partial charge in [0.05, 0.1) is 31.9 Å². The van der Waals surface area contributed by atoms with Gasteiger partial charge in [-0.25, -0.2) is 9.97 Å². The van der Waals surface area contributed by atoms with E-state index in [1.807, 2.05) is 36.4 Å². The first kappa shape index (κ1) is 22.4. The van der Waals surface area contributed by atoms with Crippen LogP contribution in [0.5, 0.6) is 0 Å². The number of hydrogen-bond acceptors (Lipinski definition) is 6. The minimum Gasteiger partial charge on any atom is -0.338 e. The Morgan fingerprint density at radius 3 is 1.47 bits per heavy atom. The van der Waals surface area contributed by atoms with Crippen molar-refractivity contribution in [1.82, 2.24) is 19.9 Å². The van der Waals surface area contributed by atoms with E-state index < -0.39 is 20.2 Å². The normalized spacial score (nSPS) is 12.6. The second kappa shape index (κ2) is 7.70. The van der Waals surface area contributed by atoms with Gasteiger partial charge in [0, 0.05) is 16.5 Å². The van der Waals surface area contributed by atoms with Gasteiger partial charge in [0.25, 0.3) is 20.2 Å². The smallest absolute Gasteiger partial charge is 0.294 e. The molecule has 180 valence electrons. The molecule has 0 fully saturated rings. The minimum atomic E-state index is -4.37. The molecule has 4 aromatic carbocycles. The summed E-state index contributed by atoms with van der Waals surface area (Å²) in [6.45, 7) is 0. The van der Waals surface area contributed by atoms with Gasteiger partial charge < -0.3 is 9.97 Å². The molecule has 0 aliphatic heterocycles. The number of imidazole rings is 2. The van der Waals surface area contributed by atoms with Crippen LogP contribution in [0.25, 0.3) is 55.6 Å². The van der Waals surface area contributed by atoms with Crippen LogP contribution < -0.4 is 0 Å². The van der Waals surface area contributed by atoms with Crippen LogP contribution in [0.3, 0.4) is 0 Å². The van der Waals surface area contributed by atoms with Crippen LogP contribution in [0, 0.1) is 0 Å². The molecule has 0 amide bonds. The van der Waals surface area contributed by atoms with E-state index >= 15 is 0 Å². The summed E-state index contributed by atoms with van der Waals surface area (Å²) < 4.78 is 64.9. The minimum absolute atomic E-state index is 0.240. The van der Waals surface area contributed by atoms with Gasteiger partial charge in [0.2, 0.25) is 0 Å². The third-order valence-corrected chi connectivity index (χ3v) is 7.62. The molecular weight excluding hydrogens is 504 g/mol. The lowest BCUT2D eigenvalue weighted by atomic mass is 9.98. The van der Waals surface area contributed by atoms with Gasteiger partial charge >= 0.3 is 0 Å². The maximum absolute atomic E-state index is 11.5. The number of aromatic nitrogens is 4. The zero-order chi connectivity index (χ0) is 25.2. The van der Waals surface area contributed by atoms with Crippen LogP contribution in [-0.4, -0.2) is 45.9 Å². The number of benzene rings is 4. The van der Waals surface area contributed by atoms with Crippen molar-refractivity contribution in [2.45, 2.75) is 9.79 Å². The van der Waals surface area contributed by atoms with E-state index in [0.717, 1.165) is 21.9 Å². The number of rotatable bonds is 4. The largest absolute Gasteiger partial charge is 0.338 e. The third-order valence-electron chi connectivity index (χ3n) is 5.92. The van der Waals surface area contributed by atoms with Crippen molar-refractivity contribution < 1.29 is 25.9 Å². The molecule has 0 atom stereocenters.